The predicted molar refractivity (Wildman–Crippen MR) is 173 cm³/mol. The average Bonchev–Trinajstić information content (AvgIpc) is 3.38. The minimum Gasteiger partial charge on any atom is -0.494 e. The van der Waals surface area contributed by atoms with Crippen LogP contribution in [0.4, 0.5) is 0 Å². The number of fused-ring (bicyclic) bond motifs is 1. The van der Waals surface area contributed by atoms with Crippen LogP contribution in [0.2, 0.25) is 0 Å². The van der Waals surface area contributed by atoms with Crippen molar-refractivity contribution in [3.05, 3.63) is 107 Å². The first-order valence-corrected chi connectivity index (χ1v) is 16.9. The monoisotopic (exact) mass is 630 g/mol. The van der Waals surface area contributed by atoms with Crippen LogP contribution in [0.1, 0.15) is 46.6 Å². The maximum Gasteiger partial charge on any atom is 0.304 e. The van der Waals surface area contributed by atoms with E-state index in [-0.39, 0.29) is 18.1 Å². The van der Waals surface area contributed by atoms with Gasteiger partial charge in [0.2, 0.25) is 0 Å². The summed E-state index contributed by atoms with van der Waals surface area (Å²) < 4.78 is 47.1. The Labute approximate surface area is 264 Å². The largest absolute Gasteiger partial charge is 0.494 e. The molecule has 0 spiro atoms. The number of carbonyl (C=O) groups is 1. The molecule has 236 valence electrons. The molecule has 9 heteroatoms. The molecule has 1 N–H and O–H groups in total. The summed E-state index contributed by atoms with van der Waals surface area (Å²) in [5, 5.41) is 9.18. The van der Waals surface area contributed by atoms with Gasteiger partial charge in [-0.05, 0) is 78.4 Å². The van der Waals surface area contributed by atoms with Crippen LogP contribution in [-0.4, -0.2) is 44.7 Å². The van der Waals surface area contributed by atoms with Gasteiger partial charge in [0.1, 0.15) is 46.0 Å². The highest BCUT2D eigenvalue weighted by Crippen LogP contribution is 2.40. The minimum absolute atomic E-state index is 0.0315. The molecule has 0 aliphatic carbocycles. The third-order valence-electron chi connectivity index (χ3n) is 7.68. The van der Waals surface area contributed by atoms with Crippen LogP contribution in [0.5, 0.6) is 23.0 Å². The Bertz CT molecular complexity index is 1740. The van der Waals surface area contributed by atoms with Gasteiger partial charge in [0.05, 0.1) is 25.4 Å². The zero-order valence-electron chi connectivity index (χ0n) is 25.7. The molecule has 1 aliphatic rings. The zero-order valence-corrected chi connectivity index (χ0v) is 26.6. The van der Waals surface area contributed by atoms with E-state index < -0.39 is 15.8 Å². The zero-order chi connectivity index (χ0) is 32.0. The number of ether oxygens (including phenoxy) is 4. The second-order valence-electron chi connectivity index (χ2n) is 11.5. The maximum absolute atomic E-state index is 11.5. The van der Waals surface area contributed by atoms with Crippen molar-refractivity contribution < 1.29 is 37.3 Å². The van der Waals surface area contributed by atoms with E-state index in [9.17, 15) is 18.3 Å². The summed E-state index contributed by atoms with van der Waals surface area (Å²) in [7, 11) is -3.03. The number of carboxylic acids is 1. The van der Waals surface area contributed by atoms with E-state index in [4.69, 9.17) is 18.9 Å². The molecule has 4 aromatic rings. The van der Waals surface area contributed by atoms with Gasteiger partial charge in [-0.25, -0.2) is 8.42 Å². The Hall–Kier alpha value is -4.50. The van der Waals surface area contributed by atoms with Gasteiger partial charge in [0.15, 0.2) is 0 Å². The number of benzene rings is 4. The highest BCUT2D eigenvalue weighted by molar-refractivity contribution is 7.90. The summed E-state index contributed by atoms with van der Waals surface area (Å²) >= 11 is 0. The molecule has 1 aliphatic heterocycles. The van der Waals surface area contributed by atoms with Crippen molar-refractivity contribution in [2.45, 2.75) is 45.8 Å². The lowest BCUT2D eigenvalue weighted by Crippen LogP contribution is -2.08. The molecule has 0 radical (unpaired) electrons. The molecule has 8 nitrogen and oxygen atoms in total. The van der Waals surface area contributed by atoms with Crippen LogP contribution in [-0.2, 0) is 27.8 Å². The molecular weight excluding hydrogens is 592 g/mol. The number of hydrogen-bond acceptors (Lipinski definition) is 7. The molecular formula is C36H38O8S. The molecule has 1 atom stereocenters. The van der Waals surface area contributed by atoms with E-state index in [1.807, 2.05) is 86.6 Å². The van der Waals surface area contributed by atoms with E-state index in [1.54, 1.807) is 0 Å². The van der Waals surface area contributed by atoms with E-state index in [2.05, 4.69) is 6.07 Å². The van der Waals surface area contributed by atoms with Gasteiger partial charge >= 0.3 is 5.97 Å². The fourth-order valence-corrected chi connectivity index (χ4v) is 6.20. The van der Waals surface area contributed by atoms with Gasteiger partial charge < -0.3 is 24.1 Å². The van der Waals surface area contributed by atoms with Crippen molar-refractivity contribution in [2.75, 3.05) is 25.2 Å². The Morgan fingerprint density at radius 1 is 0.867 bits per heavy atom. The summed E-state index contributed by atoms with van der Waals surface area (Å²) in [6, 6.07) is 25.5. The van der Waals surface area contributed by atoms with Gasteiger partial charge in [-0.1, -0.05) is 42.5 Å². The third-order valence-corrected chi connectivity index (χ3v) is 8.71. The average molecular weight is 631 g/mol. The Balaban J connectivity index is 1.37. The highest BCUT2D eigenvalue weighted by Gasteiger charge is 2.26. The van der Waals surface area contributed by atoms with Crippen LogP contribution in [0.3, 0.4) is 0 Å². The SMILES string of the molecule is Cc1cc(OCCCS(C)(=O)=O)cc(C)c1-c1cc(COc2ccc3c(c2)OC[C@H]3CC(=O)O)ccc1OCc1ccccc1. The number of aliphatic carboxylic acids is 1. The smallest absolute Gasteiger partial charge is 0.304 e. The second-order valence-corrected chi connectivity index (χ2v) is 13.7. The summed E-state index contributed by atoms with van der Waals surface area (Å²) in [6.45, 7) is 5.44. The Kier molecular flexibility index (Phi) is 9.98. The van der Waals surface area contributed by atoms with Crippen molar-refractivity contribution >= 4 is 15.8 Å². The van der Waals surface area contributed by atoms with E-state index in [0.29, 0.717) is 50.1 Å². The Morgan fingerprint density at radius 2 is 1.60 bits per heavy atom. The van der Waals surface area contributed by atoms with Crippen molar-refractivity contribution in [1.82, 2.24) is 0 Å². The fourth-order valence-electron chi connectivity index (χ4n) is 5.56. The first kappa shape index (κ1) is 31.9. The number of aryl methyl sites for hydroxylation is 2. The summed E-state index contributed by atoms with van der Waals surface area (Å²) in [4.78, 5) is 11.2. The van der Waals surface area contributed by atoms with Crippen LogP contribution in [0.25, 0.3) is 11.1 Å². The lowest BCUT2D eigenvalue weighted by molar-refractivity contribution is -0.137. The molecule has 4 aromatic carbocycles. The third kappa shape index (κ3) is 8.57. The minimum atomic E-state index is -3.03. The number of sulfone groups is 1. The number of rotatable bonds is 14. The van der Waals surface area contributed by atoms with E-state index in [1.165, 1.54) is 6.26 Å². The number of carboxylic acid groups (broad SMARTS) is 1. The van der Waals surface area contributed by atoms with Crippen LogP contribution >= 0.6 is 0 Å². The second kappa shape index (κ2) is 14.1. The van der Waals surface area contributed by atoms with Crippen LogP contribution in [0.15, 0.2) is 78.9 Å². The lowest BCUT2D eigenvalue weighted by atomic mass is 9.93. The predicted octanol–water partition coefficient (Wildman–Crippen LogP) is 6.89. The summed E-state index contributed by atoms with van der Waals surface area (Å²) in [6.07, 6.45) is 1.69. The molecule has 0 fully saturated rings. The van der Waals surface area contributed by atoms with Gasteiger partial charge in [0.25, 0.3) is 0 Å². The van der Waals surface area contributed by atoms with Crippen LogP contribution < -0.4 is 18.9 Å². The van der Waals surface area contributed by atoms with Crippen molar-refractivity contribution in [1.29, 1.82) is 0 Å². The van der Waals surface area contributed by atoms with Gasteiger partial charge in [-0.3, -0.25) is 4.79 Å². The van der Waals surface area contributed by atoms with Gasteiger partial charge in [-0.2, -0.15) is 0 Å². The van der Waals surface area contributed by atoms with Crippen LogP contribution in [0, 0.1) is 13.8 Å². The molecule has 5 rings (SSSR count). The van der Waals surface area contributed by atoms with Gasteiger partial charge in [0, 0.05) is 29.4 Å². The first-order chi connectivity index (χ1) is 21.6. The fraction of sp³-hybridized carbons (Fsp3) is 0.306. The lowest BCUT2D eigenvalue weighted by Gasteiger charge is -2.19. The standard InChI is InChI=1S/C36H38O8S/c1-24-16-30(41-14-7-15-45(3,39)40)17-25(2)36(24)32-18-27(10-13-33(32)43-21-26-8-5-4-6-9-26)22-42-29-11-12-31-28(19-35(37)38)23-44-34(31)20-29/h4-6,8-13,16-18,20,28H,7,14-15,19,21-23H2,1-3H3,(H,37,38)/t28-/m1/s1. The molecule has 1 heterocycles. The van der Waals surface area contributed by atoms with Crippen molar-refractivity contribution in [3.8, 4) is 34.1 Å². The maximum atomic E-state index is 11.5. The normalized spacial score (nSPS) is 14.0. The summed E-state index contributed by atoms with van der Waals surface area (Å²) in [5.74, 6) is 1.82. The molecule has 0 saturated heterocycles. The molecule has 0 saturated carbocycles. The molecule has 45 heavy (non-hydrogen) atoms. The van der Waals surface area contributed by atoms with E-state index >= 15 is 0 Å². The molecule has 0 unspecified atom stereocenters. The van der Waals surface area contributed by atoms with Gasteiger partial charge in [-0.15, -0.1) is 0 Å². The highest BCUT2D eigenvalue weighted by atomic mass is 32.2. The topological polar surface area (TPSA) is 108 Å². The molecule has 0 bridgehead atoms. The molecule has 0 aromatic heterocycles. The summed E-state index contributed by atoms with van der Waals surface area (Å²) in [5.41, 5.74) is 6.86. The quantitative estimate of drug-likeness (QED) is 0.150. The first-order valence-electron chi connectivity index (χ1n) is 14.9. The molecule has 0 amide bonds. The van der Waals surface area contributed by atoms with Crippen molar-refractivity contribution in [2.24, 2.45) is 0 Å². The Morgan fingerprint density at radius 3 is 2.31 bits per heavy atom. The number of hydrogen-bond donors (Lipinski definition) is 1. The van der Waals surface area contributed by atoms with Crippen molar-refractivity contribution in [3.63, 3.8) is 0 Å². The van der Waals surface area contributed by atoms with E-state index in [0.717, 1.165) is 44.7 Å².